The Labute approximate surface area is 115 Å². The summed E-state index contributed by atoms with van der Waals surface area (Å²) in [5.74, 6) is -1.66. The van der Waals surface area contributed by atoms with E-state index >= 15 is 0 Å². The standard InChI is InChI=1S/C12H24N2O4S/c1-3-13(10-11(2)12(15)16)19(17,18)14-8-6-4-5-7-9-14/h11H,3-10H2,1-2H3,(H,15,16). The van der Waals surface area contributed by atoms with E-state index in [1.165, 1.54) is 15.5 Å². The summed E-state index contributed by atoms with van der Waals surface area (Å²) in [6, 6.07) is 0. The maximum absolute atomic E-state index is 12.5. The van der Waals surface area contributed by atoms with E-state index in [-0.39, 0.29) is 6.54 Å². The van der Waals surface area contributed by atoms with Gasteiger partial charge in [-0.2, -0.15) is 17.0 Å². The van der Waals surface area contributed by atoms with Gasteiger partial charge in [0.1, 0.15) is 0 Å². The highest BCUT2D eigenvalue weighted by molar-refractivity contribution is 7.86. The zero-order valence-electron chi connectivity index (χ0n) is 11.7. The molecule has 1 aliphatic rings. The number of aliphatic carboxylic acids is 1. The molecule has 7 heteroatoms. The summed E-state index contributed by atoms with van der Waals surface area (Å²) in [6.45, 7) is 4.69. The van der Waals surface area contributed by atoms with Crippen LogP contribution in [-0.2, 0) is 15.0 Å². The number of carboxylic acids is 1. The van der Waals surface area contributed by atoms with Gasteiger partial charge in [0.15, 0.2) is 0 Å². The normalized spacial score (nSPS) is 20.2. The van der Waals surface area contributed by atoms with Crippen molar-refractivity contribution in [2.45, 2.75) is 39.5 Å². The quantitative estimate of drug-likeness (QED) is 0.796. The minimum absolute atomic E-state index is 0.0324. The van der Waals surface area contributed by atoms with E-state index in [0.29, 0.717) is 19.6 Å². The van der Waals surface area contributed by atoms with Gasteiger partial charge in [-0.05, 0) is 12.8 Å². The van der Waals surface area contributed by atoms with E-state index in [1.807, 2.05) is 0 Å². The molecule has 1 rings (SSSR count). The van der Waals surface area contributed by atoms with Crippen molar-refractivity contribution in [2.75, 3.05) is 26.2 Å². The molecule has 0 aromatic carbocycles. The molecule has 0 radical (unpaired) electrons. The third kappa shape index (κ3) is 4.43. The SMILES string of the molecule is CCN(CC(C)C(=O)O)S(=O)(=O)N1CCCCCC1. The second-order valence-electron chi connectivity index (χ2n) is 5.01. The van der Waals surface area contributed by atoms with Crippen LogP contribution in [0.4, 0.5) is 0 Å². The molecular formula is C12H24N2O4S. The van der Waals surface area contributed by atoms with Crippen LogP contribution in [0, 0.1) is 5.92 Å². The molecule has 19 heavy (non-hydrogen) atoms. The smallest absolute Gasteiger partial charge is 0.307 e. The Morgan fingerprint density at radius 3 is 2.21 bits per heavy atom. The first-order valence-electron chi connectivity index (χ1n) is 6.87. The van der Waals surface area contributed by atoms with Gasteiger partial charge in [0.05, 0.1) is 5.92 Å². The first-order valence-corrected chi connectivity index (χ1v) is 8.27. The molecule has 6 nitrogen and oxygen atoms in total. The number of rotatable bonds is 6. The maximum atomic E-state index is 12.5. The minimum atomic E-state index is -3.52. The van der Waals surface area contributed by atoms with E-state index < -0.39 is 22.1 Å². The molecule has 0 bridgehead atoms. The molecule has 1 atom stereocenters. The van der Waals surface area contributed by atoms with E-state index in [9.17, 15) is 13.2 Å². The Bertz CT molecular complexity index is 389. The van der Waals surface area contributed by atoms with Crippen molar-refractivity contribution >= 4 is 16.2 Å². The molecule has 0 amide bonds. The maximum Gasteiger partial charge on any atom is 0.307 e. The molecule has 0 aromatic heterocycles. The van der Waals surface area contributed by atoms with Crippen LogP contribution < -0.4 is 0 Å². The van der Waals surface area contributed by atoms with Crippen molar-refractivity contribution in [3.05, 3.63) is 0 Å². The summed E-state index contributed by atoms with van der Waals surface area (Å²) in [7, 11) is -3.52. The number of carbonyl (C=O) groups is 1. The van der Waals surface area contributed by atoms with E-state index in [4.69, 9.17) is 5.11 Å². The van der Waals surface area contributed by atoms with Crippen molar-refractivity contribution in [2.24, 2.45) is 5.92 Å². The fraction of sp³-hybridized carbons (Fsp3) is 0.917. The van der Waals surface area contributed by atoms with Crippen LogP contribution in [0.3, 0.4) is 0 Å². The monoisotopic (exact) mass is 292 g/mol. The number of hydrogen-bond donors (Lipinski definition) is 1. The number of nitrogens with zero attached hydrogens (tertiary/aromatic N) is 2. The molecule has 0 aromatic rings. The van der Waals surface area contributed by atoms with Crippen LogP contribution in [0.2, 0.25) is 0 Å². The molecule has 112 valence electrons. The molecule has 1 fully saturated rings. The number of hydrogen-bond acceptors (Lipinski definition) is 3. The average Bonchev–Trinajstić information content (AvgIpc) is 2.64. The van der Waals surface area contributed by atoms with Crippen LogP contribution in [0.5, 0.6) is 0 Å². The van der Waals surface area contributed by atoms with Crippen LogP contribution in [0.15, 0.2) is 0 Å². The first kappa shape index (κ1) is 16.4. The highest BCUT2D eigenvalue weighted by Crippen LogP contribution is 2.17. The number of carboxylic acid groups (broad SMARTS) is 1. The molecule has 1 heterocycles. The van der Waals surface area contributed by atoms with Crippen LogP contribution in [0.1, 0.15) is 39.5 Å². The fourth-order valence-corrected chi connectivity index (χ4v) is 3.99. The predicted octanol–water partition coefficient (Wildman–Crippen LogP) is 1.15. The van der Waals surface area contributed by atoms with Crippen LogP contribution in [-0.4, -0.2) is 54.3 Å². The Kier molecular flexibility index (Phi) is 6.22. The lowest BCUT2D eigenvalue weighted by Gasteiger charge is -2.29. The molecule has 1 saturated heterocycles. The van der Waals surface area contributed by atoms with Crippen molar-refractivity contribution in [3.63, 3.8) is 0 Å². The van der Waals surface area contributed by atoms with Gasteiger partial charge in [-0.1, -0.05) is 26.7 Å². The van der Waals surface area contributed by atoms with Gasteiger partial charge >= 0.3 is 5.97 Å². The zero-order chi connectivity index (χ0) is 14.5. The predicted molar refractivity (Wildman–Crippen MR) is 73.0 cm³/mol. The second-order valence-corrected chi connectivity index (χ2v) is 6.94. The Hall–Kier alpha value is -0.660. The van der Waals surface area contributed by atoms with Gasteiger partial charge in [-0.25, -0.2) is 0 Å². The topological polar surface area (TPSA) is 77.9 Å². The average molecular weight is 292 g/mol. The molecule has 1 N–H and O–H groups in total. The van der Waals surface area contributed by atoms with Crippen LogP contribution in [0.25, 0.3) is 0 Å². The van der Waals surface area contributed by atoms with Gasteiger partial charge in [0, 0.05) is 26.2 Å². The lowest BCUT2D eigenvalue weighted by Crippen LogP contribution is -2.46. The lowest BCUT2D eigenvalue weighted by molar-refractivity contribution is -0.141. The van der Waals surface area contributed by atoms with E-state index in [1.54, 1.807) is 6.92 Å². The van der Waals surface area contributed by atoms with Gasteiger partial charge in [-0.3, -0.25) is 4.79 Å². The summed E-state index contributed by atoms with van der Waals surface area (Å²) in [5.41, 5.74) is 0. The summed E-state index contributed by atoms with van der Waals surface area (Å²) >= 11 is 0. The first-order chi connectivity index (χ1) is 8.89. The largest absolute Gasteiger partial charge is 0.481 e. The lowest BCUT2D eigenvalue weighted by atomic mass is 10.2. The highest BCUT2D eigenvalue weighted by Gasteiger charge is 2.31. The van der Waals surface area contributed by atoms with E-state index in [0.717, 1.165) is 25.7 Å². The minimum Gasteiger partial charge on any atom is -0.481 e. The third-order valence-corrected chi connectivity index (χ3v) is 5.55. The van der Waals surface area contributed by atoms with Crippen LogP contribution >= 0.6 is 0 Å². The van der Waals surface area contributed by atoms with Crippen molar-refractivity contribution < 1.29 is 18.3 Å². The zero-order valence-corrected chi connectivity index (χ0v) is 12.5. The highest BCUT2D eigenvalue weighted by atomic mass is 32.2. The second kappa shape index (κ2) is 7.21. The molecule has 1 aliphatic heterocycles. The van der Waals surface area contributed by atoms with Gasteiger partial charge in [-0.15, -0.1) is 0 Å². The van der Waals surface area contributed by atoms with Gasteiger partial charge in [0.25, 0.3) is 10.2 Å². The summed E-state index contributed by atoms with van der Waals surface area (Å²) < 4.78 is 27.7. The summed E-state index contributed by atoms with van der Waals surface area (Å²) in [6.07, 6.45) is 3.88. The van der Waals surface area contributed by atoms with Crippen molar-refractivity contribution in [3.8, 4) is 0 Å². The van der Waals surface area contributed by atoms with E-state index in [2.05, 4.69) is 0 Å². The third-order valence-electron chi connectivity index (χ3n) is 3.47. The Balaban J connectivity index is 2.79. The molecule has 0 saturated carbocycles. The molecule has 0 aliphatic carbocycles. The Morgan fingerprint density at radius 1 is 1.26 bits per heavy atom. The molecular weight excluding hydrogens is 268 g/mol. The summed E-state index contributed by atoms with van der Waals surface area (Å²) in [4.78, 5) is 10.9. The molecule has 1 unspecified atom stereocenters. The van der Waals surface area contributed by atoms with Crippen molar-refractivity contribution in [1.82, 2.24) is 8.61 Å². The fourth-order valence-electron chi connectivity index (χ4n) is 2.21. The van der Waals surface area contributed by atoms with Gasteiger partial charge < -0.3 is 5.11 Å². The van der Waals surface area contributed by atoms with Crippen molar-refractivity contribution in [1.29, 1.82) is 0 Å². The van der Waals surface area contributed by atoms with Gasteiger partial charge in [0.2, 0.25) is 0 Å². The summed E-state index contributed by atoms with van der Waals surface area (Å²) in [5, 5.41) is 8.91. The molecule has 0 spiro atoms. The Morgan fingerprint density at radius 2 is 1.79 bits per heavy atom.